The van der Waals surface area contributed by atoms with Crippen molar-refractivity contribution in [2.45, 2.75) is 19.4 Å². The Morgan fingerprint density at radius 2 is 1.76 bits per heavy atom. The summed E-state index contributed by atoms with van der Waals surface area (Å²) in [7, 11) is 3.46. The molecular formula is C21H30N2O2. The van der Waals surface area contributed by atoms with Gasteiger partial charge in [0.1, 0.15) is 11.5 Å². The molecule has 0 spiro atoms. The van der Waals surface area contributed by atoms with Gasteiger partial charge in [-0.25, -0.2) is 0 Å². The summed E-state index contributed by atoms with van der Waals surface area (Å²) in [6, 6.07) is 6.07. The molecule has 0 aromatic heterocycles. The van der Waals surface area contributed by atoms with E-state index in [1.165, 1.54) is 38.0 Å². The van der Waals surface area contributed by atoms with Crippen molar-refractivity contribution in [2.24, 2.45) is 17.8 Å². The summed E-state index contributed by atoms with van der Waals surface area (Å²) in [6.07, 6.45) is 7.76. The Morgan fingerprint density at radius 1 is 0.960 bits per heavy atom. The number of ether oxygens (including phenoxy) is 2. The van der Waals surface area contributed by atoms with E-state index in [-0.39, 0.29) is 0 Å². The largest absolute Gasteiger partial charge is 0.497 e. The van der Waals surface area contributed by atoms with Gasteiger partial charge in [0.15, 0.2) is 0 Å². The number of allylic oxidation sites excluding steroid dienone is 2. The minimum atomic E-state index is 0.865. The van der Waals surface area contributed by atoms with Gasteiger partial charge in [-0.05, 0) is 48.8 Å². The maximum Gasteiger partial charge on any atom is 0.123 e. The highest BCUT2D eigenvalue weighted by Gasteiger charge is 2.36. The molecule has 3 aliphatic rings. The Labute approximate surface area is 151 Å². The third-order valence-electron chi connectivity index (χ3n) is 6.26. The lowest BCUT2D eigenvalue weighted by Crippen LogP contribution is -2.47. The first-order valence-corrected chi connectivity index (χ1v) is 9.59. The fraction of sp³-hybridized carbons (Fsp3) is 0.619. The molecule has 136 valence electrons. The SMILES string of the molecule is COc1ccc(OC)c(CN2CCN(CC3CC4C=CC3C4)CC2)c1. The van der Waals surface area contributed by atoms with Gasteiger partial charge in [-0.3, -0.25) is 4.90 Å². The fourth-order valence-electron chi connectivity index (χ4n) is 4.81. The second-order valence-corrected chi connectivity index (χ2v) is 7.79. The Bertz CT molecular complexity index is 622. The molecule has 4 heteroatoms. The highest BCUT2D eigenvalue weighted by molar-refractivity contribution is 5.40. The number of hydrogen-bond donors (Lipinski definition) is 0. The van der Waals surface area contributed by atoms with Crippen LogP contribution in [0.5, 0.6) is 11.5 Å². The van der Waals surface area contributed by atoms with Crippen LogP contribution >= 0.6 is 0 Å². The Morgan fingerprint density at radius 3 is 2.40 bits per heavy atom. The zero-order chi connectivity index (χ0) is 17.2. The van der Waals surface area contributed by atoms with E-state index < -0.39 is 0 Å². The van der Waals surface area contributed by atoms with Crippen molar-refractivity contribution in [1.82, 2.24) is 9.80 Å². The summed E-state index contributed by atoms with van der Waals surface area (Å²) in [5.74, 6) is 4.51. The molecule has 0 radical (unpaired) electrons. The number of benzene rings is 1. The summed E-state index contributed by atoms with van der Waals surface area (Å²) >= 11 is 0. The molecule has 3 unspecified atom stereocenters. The lowest BCUT2D eigenvalue weighted by molar-refractivity contribution is 0.108. The van der Waals surface area contributed by atoms with E-state index in [0.717, 1.165) is 48.9 Å². The van der Waals surface area contributed by atoms with E-state index in [4.69, 9.17) is 9.47 Å². The highest BCUT2D eigenvalue weighted by atomic mass is 16.5. The lowest BCUT2D eigenvalue weighted by atomic mass is 9.93. The molecule has 0 amide bonds. The Hall–Kier alpha value is -1.52. The van der Waals surface area contributed by atoms with Gasteiger partial charge in [0.25, 0.3) is 0 Å². The van der Waals surface area contributed by atoms with Crippen LogP contribution in [0.4, 0.5) is 0 Å². The molecule has 1 aromatic carbocycles. The van der Waals surface area contributed by atoms with Crippen LogP contribution in [0, 0.1) is 17.8 Å². The molecule has 3 atom stereocenters. The average Bonchev–Trinajstić information content (AvgIpc) is 3.26. The van der Waals surface area contributed by atoms with Crippen molar-refractivity contribution in [3.63, 3.8) is 0 Å². The first-order chi connectivity index (χ1) is 12.2. The monoisotopic (exact) mass is 342 g/mol. The highest BCUT2D eigenvalue weighted by Crippen LogP contribution is 2.43. The topological polar surface area (TPSA) is 24.9 Å². The van der Waals surface area contributed by atoms with Gasteiger partial charge >= 0.3 is 0 Å². The van der Waals surface area contributed by atoms with Crippen LogP contribution in [-0.4, -0.2) is 56.7 Å². The molecule has 4 rings (SSSR count). The Kier molecular flexibility index (Phi) is 5.00. The van der Waals surface area contributed by atoms with Crippen molar-refractivity contribution in [2.75, 3.05) is 46.9 Å². The number of hydrogen-bond acceptors (Lipinski definition) is 4. The van der Waals surface area contributed by atoms with Crippen LogP contribution in [0.15, 0.2) is 30.4 Å². The van der Waals surface area contributed by atoms with Crippen LogP contribution in [0.25, 0.3) is 0 Å². The number of nitrogens with zero attached hydrogens (tertiary/aromatic N) is 2. The van der Waals surface area contributed by atoms with Crippen LogP contribution in [0.2, 0.25) is 0 Å². The Balaban J connectivity index is 1.29. The van der Waals surface area contributed by atoms with Gasteiger partial charge in [0.2, 0.25) is 0 Å². The van der Waals surface area contributed by atoms with Crippen LogP contribution in [0.1, 0.15) is 18.4 Å². The van der Waals surface area contributed by atoms with Crippen molar-refractivity contribution >= 4 is 0 Å². The maximum atomic E-state index is 5.53. The maximum absolute atomic E-state index is 5.53. The number of piperazine rings is 1. The normalized spacial score (nSPS) is 29.3. The van der Waals surface area contributed by atoms with Crippen LogP contribution in [0.3, 0.4) is 0 Å². The summed E-state index contributed by atoms with van der Waals surface area (Å²) in [5.41, 5.74) is 1.22. The molecule has 1 aromatic rings. The van der Waals surface area contributed by atoms with Crippen molar-refractivity contribution in [3.05, 3.63) is 35.9 Å². The first-order valence-electron chi connectivity index (χ1n) is 9.59. The van der Waals surface area contributed by atoms with Gasteiger partial charge in [-0.15, -0.1) is 0 Å². The third-order valence-corrected chi connectivity index (χ3v) is 6.26. The summed E-state index contributed by atoms with van der Waals surface area (Å²) in [6.45, 7) is 6.87. The predicted molar refractivity (Wildman–Crippen MR) is 100 cm³/mol. The number of rotatable bonds is 6. The number of fused-ring (bicyclic) bond motifs is 2. The molecule has 2 bridgehead atoms. The van der Waals surface area contributed by atoms with E-state index in [1.54, 1.807) is 14.2 Å². The first kappa shape index (κ1) is 16.9. The minimum absolute atomic E-state index is 0.865. The van der Waals surface area contributed by atoms with Gasteiger partial charge in [-0.1, -0.05) is 12.2 Å². The molecular weight excluding hydrogens is 312 g/mol. The third kappa shape index (κ3) is 3.70. The van der Waals surface area contributed by atoms with Crippen molar-refractivity contribution in [3.8, 4) is 11.5 Å². The molecule has 25 heavy (non-hydrogen) atoms. The van der Waals surface area contributed by atoms with Crippen LogP contribution < -0.4 is 9.47 Å². The molecule has 2 aliphatic carbocycles. The van der Waals surface area contributed by atoms with Gasteiger partial charge in [-0.2, -0.15) is 0 Å². The van der Waals surface area contributed by atoms with E-state index in [9.17, 15) is 0 Å². The van der Waals surface area contributed by atoms with Crippen molar-refractivity contribution < 1.29 is 9.47 Å². The summed E-state index contributed by atoms with van der Waals surface area (Å²) in [5, 5.41) is 0. The smallest absolute Gasteiger partial charge is 0.123 e. The second-order valence-electron chi connectivity index (χ2n) is 7.79. The molecule has 0 N–H and O–H groups in total. The summed E-state index contributed by atoms with van der Waals surface area (Å²) < 4.78 is 10.9. The fourth-order valence-corrected chi connectivity index (χ4v) is 4.81. The number of methoxy groups -OCH3 is 2. The van der Waals surface area contributed by atoms with Gasteiger partial charge in [0, 0.05) is 44.8 Å². The molecule has 2 fully saturated rings. The van der Waals surface area contributed by atoms with E-state index in [0.29, 0.717) is 0 Å². The molecule has 1 saturated carbocycles. The zero-order valence-corrected chi connectivity index (χ0v) is 15.5. The van der Waals surface area contributed by atoms with E-state index in [2.05, 4.69) is 28.0 Å². The quantitative estimate of drug-likeness (QED) is 0.742. The van der Waals surface area contributed by atoms with E-state index in [1.807, 2.05) is 12.1 Å². The average molecular weight is 342 g/mol. The minimum Gasteiger partial charge on any atom is -0.497 e. The standard InChI is InChI=1S/C21H30N2O2/c1-24-20-5-6-21(25-2)19(13-20)15-23-9-7-22(8-10-23)14-18-12-16-3-4-17(18)11-16/h3-6,13,16-18H,7-12,14-15H2,1-2H3. The van der Waals surface area contributed by atoms with Gasteiger partial charge in [0.05, 0.1) is 14.2 Å². The summed E-state index contributed by atoms with van der Waals surface area (Å²) in [4.78, 5) is 5.22. The molecule has 1 heterocycles. The molecule has 4 nitrogen and oxygen atoms in total. The molecule has 1 aliphatic heterocycles. The second kappa shape index (κ2) is 7.38. The zero-order valence-electron chi connectivity index (χ0n) is 15.5. The van der Waals surface area contributed by atoms with Crippen molar-refractivity contribution in [1.29, 1.82) is 0 Å². The van der Waals surface area contributed by atoms with E-state index >= 15 is 0 Å². The van der Waals surface area contributed by atoms with Crippen LogP contribution in [-0.2, 0) is 6.54 Å². The predicted octanol–water partition coefficient (Wildman–Crippen LogP) is 3.03. The van der Waals surface area contributed by atoms with Gasteiger partial charge < -0.3 is 14.4 Å². The lowest BCUT2D eigenvalue weighted by Gasteiger charge is -2.37. The molecule has 1 saturated heterocycles.